The minimum absolute atomic E-state index is 0.161. The van der Waals surface area contributed by atoms with E-state index < -0.39 is 0 Å². The van der Waals surface area contributed by atoms with E-state index in [1.165, 1.54) is 0 Å². The molecular weight excluding hydrogens is 252 g/mol. The predicted molar refractivity (Wildman–Crippen MR) is 80.1 cm³/mol. The van der Waals surface area contributed by atoms with Crippen molar-refractivity contribution in [3.8, 4) is 0 Å². The summed E-state index contributed by atoms with van der Waals surface area (Å²) in [5.74, 6) is 0.548. The number of pyridine rings is 2. The molecule has 2 aromatic heterocycles. The number of hydrogen-bond donors (Lipinski definition) is 2. The van der Waals surface area contributed by atoms with Crippen LogP contribution in [0.15, 0.2) is 30.6 Å². The van der Waals surface area contributed by atoms with Crippen molar-refractivity contribution in [2.45, 2.75) is 20.8 Å². The van der Waals surface area contributed by atoms with E-state index >= 15 is 0 Å². The van der Waals surface area contributed by atoms with Crippen molar-refractivity contribution >= 4 is 17.4 Å². The number of anilines is 2. The van der Waals surface area contributed by atoms with Crippen molar-refractivity contribution in [2.75, 3.05) is 17.2 Å². The summed E-state index contributed by atoms with van der Waals surface area (Å²) in [4.78, 5) is 20.6. The summed E-state index contributed by atoms with van der Waals surface area (Å²) in [6.07, 6.45) is 3.34. The van der Waals surface area contributed by atoms with Crippen molar-refractivity contribution in [2.24, 2.45) is 0 Å². The Morgan fingerprint density at radius 1 is 1.30 bits per heavy atom. The van der Waals surface area contributed by atoms with Gasteiger partial charge >= 0.3 is 0 Å². The molecule has 2 heterocycles. The van der Waals surface area contributed by atoms with E-state index in [9.17, 15) is 4.79 Å². The molecule has 0 unspecified atom stereocenters. The molecule has 0 aliphatic heterocycles. The summed E-state index contributed by atoms with van der Waals surface area (Å²) in [6, 6.07) is 5.37. The molecular formula is C15H18N4O. The van der Waals surface area contributed by atoms with Gasteiger partial charge in [0.25, 0.3) is 5.91 Å². The quantitative estimate of drug-likeness (QED) is 0.896. The van der Waals surface area contributed by atoms with Crippen LogP contribution in [-0.4, -0.2) is 22.4 Å². The van der Waals surface area contributed by atoms with E-state index in [0.717, 1.165) is 23.5 Å². The number of nitrogens with one attached hydrogen (secondary N) is 2. The standard InChI is InChI=1S/C15H18N4O/c1-4-17-14-8-12(7-11(3)18-14)15(20)19-13-9-16-6-5-10(13)2/h5-9H,4H2,1-3H3,(H,17,18)(H,19,20). The fraction of sp³-hybridized carbons (Fsp3) is 0.267. The smallest absolute Gasteiger partial charge is 0.255 e. The van der Waals surface area contributed by atoms with Crippen LogP contribution in [0.4, 0.5) is 11.5 Å². The molecule has 2 aromatic rings. The Morgan fingerprint density at radius 3 is 2.80 bits per heavy atom. The summed E-state index contributed by atoms with van der Waals surface area (Å²) >= 11 is 0. The number of aromatic nitrogens is 2. The van der Waals surface area contributed by atoms with Crippen molar-refractivity contribution in [3.63, 3.8) is 0 Å². The van der Waals surface area contributed by atoms with Gasteiger partial charge in [0.15, 0.2) is 0 Å². The highest BCUT2D eigenvalue weighted by molar-refractivity contribution is 6.05. The second-order valence-corrected chi connectivity index (χ2v) is 4.56. The van der Waals surface area contributed by atoms with Gasteiger partial charge in [-0.15, -0.1) is 0 Å². The zero-order chi connectivity index (χ0) is 14.5. The van der Waals surface area contributed by atoms with Crippen LogP contribution in [0.2, 0.25) is 0 Å². The van der Waals surface area contributed by atoms with Gasteiger partial charge in [0.05, 0.1) is 11.9 Å². The first-order chi connectivity index (χ1) is 9.60. The number of carbonyl (C=O) groups is 1. The number of amides is 1. The molecule has 0 fully saturated rings. The Kier molecular flexibility index (Phi) is 4.30. The fourth-order valence-corrected chi connectivity index (χ4v) is 1.86. The van der Waals surface area contributed by atoms with E-state index in [-0.39, 0.29) is 5.91 Å². The van der Waals surface area contributed by atoms with Gasteiger partial charge < -0.3 is 10.6 Å². The summed E-state index contributed by atoms with van der Waals surface area (Å²) in [6.45, 7) is 6.55. The van der Waals surface area contributed by atoms with Crippen molar-refractivity contribution in [1.82, 2.24) is 9.97 Å². The van der Waals surface area contributed by atoms with Crippen LogP contribution in [0.25, 0.3) is 0 Å². The Bertz CT molecular complexity index is 625. The third-order valence-electron chi connectivity index (χ3n) is 2.86. The first kappa shape index (κ1) is 14.0. The van der Waals surface area contributed by atoms with Crippen LogP contribution < -0.4 is 10.6 Å². The lowest BCUT2D eigenvalue weighted by Gasteiger charge is -2.10. The molecule has 104 valence electrons. The SMILES string of the molecule is CCNc1cc(C(=O)Nc2cnccc2C)cc(C)n1. The van der Waals surface area contributed by atoms with Gasteiger partial charge in [-0.3, -0.25) is 9.78 Å². The molecule has 0 aliphatic rings. The van der Waals surface area contributed by atoms with Gasteiger partial charge in [-0.1, -0.05) is 0 Å². The molecule has 0 aromatic carbocycles. The van der Waals surface area contributed by atoms with Crippen LogP contribution in [0.3, 0.4) is 0 Å². The largest absolute Gasteiger partial charge is 0.370 e. The Balaban J connectivity index is 2.23. The van der Waals surface area contributed by atoms with Crippen LogP contribution >= 0.6 is 0 Å². The predicted octanol–water partition coefficient (Wildman–Crippen LogP) is 2.78. The maximum Gasteiger partial charge on any atom is 0.255 e. The van der Waals surface area contributed by atoms with E-state index in [2.05, 4.69) is 20.6 Å². The van der Waals surface area contributed by atoms with E-state index in [1.807, 2.05) is 26.8 Å². The third kappa shape index (κ3) is 3.32. The molecule has 5 nitrogen and oxygen atoms in total. The molecule has 2 rings (SSSR count). The molecule has 5 heteroatoms. The van der Waals surface area contributed by atoms with E-state index in [1.54, 1.807) is 24.5 Å². The molecule has 0 saturated heterocycles. The number of nitrogens with zero attached hydrogens (tertiary/aromatic N) is 2. The van der Waals surface area contributed by atoms with Gasteiger partial charge in [-0.25, -0.2) is 4.98 Å². The fourth-order valence-electron chi connectivity index (χ4n) is 1.86. The molecule has 0 saturated carbocycles. The summed E-state index contributed by atoms with van der Waals surface area (Å²) < 4.78 is 0. The Labute approximate surface area is 118 Å². The monoisotopic (exact) mass is 270 g/mol. The first-order valence-electron chi connectivity index (χ1n) is 6.54. The van der Waals surface area contributed by atoms with Gasteiger partial charge in [0.2, 0.25) is 0 Å². The highest BCUT2D eigenvalue weighted by Crippen LogP contribution is 2.15. The molecule has 0 spiro atoms. The van der Waals surface area contributed by atoms with Crippen LogP contribution in [0, 0.1) is 13.8 Å². The van der Waals surface area contributed by atoms with E-state index in [4.69, 9.17) is 0 Å². The molecule has 0 bridgehead atoms. The lowest BCUT2D eigenvalue weighted by Crippen LogP contribution is -2.14. The molecule has 1 amide bonds. The number of aryl methyl sites for hydroxylation is 2. The topological polar surface area (TPSA) is 66.9 Å². The number of hydrogen-bond acceptors (Lipinski definition) is 4. The second kappa shape index (κ2) is 6.14. The third-order valence-corrected chi connectivity index (χ3v) is 2.86. The van der Waals surface area contributed by atoms with Crippen LogP contribution in [0.1, 0.15) is 28.5 Å². The van der Waals surface area contributed by atoms with Gasteiger partial charge in [0, 0.05) is 24.0 Å². The lowest BCUT2D eigenvalue weighted by molar-refractivity contribution is 0.102. The molecule has 20 heavy (non-hydrogen) atoms. The second-order valence-electron chi connectivity index (χ2n) is 4.56. The maximum atomic E-state index is 12.3. The van der Waals surface area contributed by atoms with Gasteiger partial charge in [-0.2, -0.15) is 0 Å². The minimum atomic E-state index is -0.161. The summed E-state index contributed by atoms with van der Waals surface area (Å²) in [5.41, 5.74) is 3.08. The normalized spacial score (nSPS) is 10.2. The lowest BCUT2D eigenvalue weighted by atomic mass is 10.2. The van der Waals surface area contributed by atoms with Crippen molar-refractivity contribution in [1.29, 1.82) is 0 Å². The number of carbonyl (C=O) groups excluding carboxylic acids is 1. The molecule has 0 radical (unpaired) electrons. The highest BCUT2D eigenvalue weighted by Gasteiger charge is 2.10. The molecule has 2 N–H and O–H groups in total. The van der Waals surface area contributed by atoms with Crippen LogP contribution in [-0.2, 0) is 0 Å². The zero-order valence-electron chi connectivity index (χ0n) is 11.9. The highest BCUT2D eigenvalue weighted by atomic mass is 16.1. The Morgan fingerprint density at radius 2 is 2.10 bits per heavy atom. The average Bonchev–Trinajstić information content (AvgIpc) is 2.41. The van der Waals surface area contributed by atoms with E-state index in [0.29, 0.717) is 11.4 Å². The Hall–Kier alpha value is -2.43. The summed E-state index contributed by atoms with van der Waals surface area (Å²) in [5, 5.41) is 5.98. The average molecular weight is 270 g/mol. The summed E-state index contributed by atoms with van der Waals surface area (Å²) in [7, 11) is 0. The van der Waals surface area contributed by atoms with Gasteiger partial charge in [0.1, 0.15) is 5.82 Å². The minimum Gasteiger partial charge on any atom is -0.370 e. The van der Waals surface area contributed by atoms with Crippen LogP contribution in [0.5, 0.6) is 0 Å². The maximum absolute atomic E-state index is 12.3. The molecule has 0 aliphatic carbocycles. The van der Waals surface area contributed by atoms with Gasteiger partial charge in [-0.05, 0) is 44.5 Å². The van der Waals surface area contributed by atoms with Crippen molar-refractivity contribution in [3.05, 3.63) is 47.4 Å². The molecule has 0 atom stereocenters. The first-order valence-corrected chi connectivity index (χ1v) is 6.54. The van der Waals surface area contributed by atoms with Crippen molar-refractivity contribution < 1.29 is 4.79 Å². The zero-order valence-corrected chi connectivity index (χ0v) is 11.9. The number of rotatable bonds is 4.